The molecule has 0 aliphatic heterocycles. The van der Waals surface area contributed by atoms with Crippen LogP contribution in [0.15, 0.2) is 51.8 Å². The summed E-state index contributed by atoms with van der Waals surface area (Å²) < 4.78 is 38.8. The van der Waals surface area contributed by atoms with Gasteiger partial charge in [0, 0.05) is 11.1 Å². The summed E-state index contributed by atoms with van der Waals surface area (Å²) >= 11 is 5.90. The van der Waals surface area contributed by atoms with Crippen LogP contribution in [0.5, 0.6) is 0 Å². The molecule has 3 rings (SSSR count). The third-order valence-corrected chi connectivity index (χ3v) is 4.56. The van der Waals surface area contributed by atoms with E-state index in [9.17, 15) is 13.0 Å². The highest BCUT2D eigenvalue weighted by molar-refractivity contribution is 7.85. The number of aromatic nitrogens is 1. The van der Waals surface area contributed by atoms with Crippen LogP contribution in [0.4, 0.5) is 0 Å². The second-order valence-electron chi connectivity index (χ2n) is 5.24. The van der Waals surface area contributed by atoms with Crippen LogP contribution in [-0.4, -0.2) is 13.0 Å². The van der Waals surface area contributed by atoms with Crippen molar-refractivity contribution in [2.24, 2.45) is 0 Å². The molecule has 0 amide bonds. The van der Waals surface area contributed by atoms with Crippen molar-refractivity contribution >= 4 is 32.8 Å². The largest absolute Gasteiger partial charge is 0.744 e. The Kier molecular flexibility index (Phi) is 5.64. The number of hydrogen-bond acceptors (Lipinski definition) is 4. The molecule has 5 nitrogen and oxygen atoms in total. The average molecular weight is 368 g/mol. The van der Waals surface area contributed by atoms with Gasteiger partial charge >= 0.3 is 5.89 Å². The summed E-state index contributed by atoms with van der Waals surface area (Å²) in [7, 11) is -4.27. The molecule has 3 aromatic rings. The van der Waals surface area contributed by atoms with Gasteiger partial charge in [-0.05, 0) is 38.1 Å². The first-order valence-corrected chi connectivity index (χ1v) is 9.12. The van der Waals surface area contributed by atoms with E-state index in [1.807, 2.05) is 32.0 Å². The first kappa shape index (κ1) is 18.4. The Hall–Kier alpha value is -1.89. The molecule has 0 N–H and O–H groups in total. The van der Waals surface area contributed by atoms with Gasteiger partial charge in [0.25, 0.3) is 5.52 Å². The highest BCUT2D eigenvalue weighted by Crippen LogP contribution is 2.18. The normalized spacial score (nSPS) is 11.2. The molecule has 1 heterocycles. The molecule has 0 atom stereocenters. The van der Waals surface area contributed by atoms with E-state index in [-0.39, 0.29) is 4.90 Å². The first-order valence-electron chi connectivity index (χ1n) is 7.33. The van der Waals surface area contributed by atoms with Crippen LogP contribution < -0.4 is 4.57 Å². The van der Waals surface area contributed by atoms with Gasteiger partial charge in [0.1, 0.15) is 16.7 Å². The van der Waals surface area contributed by atoms with E-state index in [1.54, 1.807) is 12.1 Å². The standard InChI is InChI=1S/C10H11ClNO.C7H8O3S/c1-3-12-7(2)13-10-5-4-8(11)6-9(10)12;1-6-2-4-7(5-3-6)11(8,9)10/h4-6H,3H2,1-2H3;2-5H,1H3,(H,8,9,10)/q+1;/p-1. The molecule has 7 heteroatoms. The monoisotopic (exact) mass is 367 g/mol. The van der Waals surface area contributed by atoms with Gasteiger partial charge in [-0.3, -0.25) is 0 Å². The number of nitrogens with zero attached hydrogens (tertiary/aromatic N) is 1. The van der Waals surface area contributed by atoms with Gasteiger partial charge in [-0.2, -0.15) is 4.57 Å². The maximum Gasteiger partial charge on any atom is 0.344 e. The molecule has 0 aliphatic rings. The zero-order chi connectivity index (χ0) is 17.9. The number of oxazole rings is 1. The Balaban J connectivity index is 0.000000177. The average Bonchev–Trinajstić information content (AvgIpc) is 2.82. The number of rotatable bonds is 2. The highest BCUT2D eigenvalue weighted by atomic mass is 35.5. The first-order chi connectivity index (χ1) is 11.2. The van der Waals surface area contributed by atoms with Crippen molar-refractivity contribution in [3.05, 3.63) is 58.9 Å². The second kappa shape index (κ2) is 7.34. The molecule has 0 unspecified atom stereocenters. The number of aryl methyl sites for hydroxylation is 3. The van der Waals surface area contributed by atoms with Crippen molar-refractivity contribution < 1.29 is 22.0 Å². The maximum absolute atomic E-state index is 10.4. The van der Waals surface area contributed by atoms with E-state index >= 15 is 0 Å². The maximum atomic E-state index is 10.4. The number of halogens is 1. The summed E-state index contributed by atoms with van der Waals surface area (Å²) in [5.74, 6) is 0.916. The van der Waals surface area contributed by atoms with Crippen molar-refractivity contribution in [1.29, 1.82) is 0 Å². The third kappa shape index (κ3) is 4.35. The molecule has 1 aromatic heterocycles. The molecular formula is C17H18ClNO4S. The van der Waals surface area contributed by atoms with Gasteiger partial charge in [0.05, 0.1) is 11.8 Å². The minimum Gasteiger partial charge on any atom is -0.744 e. The van der Waals surface area contributed by atoms with E-state index in [1.165, 1.54) is 12.1 Å². The highest BCUT2D eigenvalue weighted by Gasteiger charge is 2.16. The van der Waals surface area contributed by atoms with Crippen molar-refractivity contribution in [2.75, 3.05) is 0 Å². The van der Waals surface area contributed by atoms with Crippen molar-refractivity contribution in [2.45, 2.75) is 32.2 Å². The molecular weight excluding hydrogens is 350 g/mol. The van der Waals surface area contributed by atoms with Crippen LogP contribution in [0.2, 0.25) is 5.02 Å². The van der Waals surface area contributed by atoms with Crippen LogP contribution in [-0.2, 0) is 16.7 Å². The molecule has 128 valence electrons. The van der Waals surface area contributed by atoms with E-state index in [0.717, 1.165) is 34.1 Å². The van der Waals surface area contributed by atoms with E-state index in [0.29, 0.717) is 0 Å². The van der Waals surface area contributed by atoms with E-state index in [2.05, 4.69) is 11.5 Å². The summed E-state index contributed by atoms with van der Waals surface area (Å²) in [5, 5.41) is 0.746. The quantitative estimate of drug-likeness (QED) is 0.512. The van der Waals surface area contributed by atoms with E-state index < -0.39 is 10.1 Å². The predicted molar refractivity (Wildman–Crippen MR) is 91.0 cm³/mol. The minimum atomic E-state index is -4.27. The smallest absolute Gasteiger partial charge is 0.344 e. The fourth-order valence-electron chi connectivity index (χ4n) is 2.27. The van der Waals surface area contributed by atoms with Crippen LogP contribution in [0.1, 0.15) is 18.4 Å². The lowest BCUT2D eigenvalue weighted by atomic mass is 10.2. The topological polar surface area (TPSA) is 74.2 Å². The Labute approximate surface area is 146 Å². The Morgan fingerprint density at radius 1 is 1.12 bits per heavy atom. The molecule has 2 aromatic carbocycles. The molecule has 0 bridgehead atoms. The second-order valence-corrected chi connectivity index (χ2v) is 7.06. The Morgan fingerprint density at radius 3 is 2.29 bits per heavy atom. The Bertz CT molecular complexity index is 947. The third-order valence-electron chi connectivity index (χ3n) is 3.48. The molecule has 0 fully saturated rings. The van der Waals surface area contributed by atoms with Gasteiger partial charge in [0.15, 0.2) is 0 Å². The van der Waals surface area contributed by atoms with Crippen LogP contribution in [0, 0.1) is 13.8 Å². The van der Waals surface area contributed by atoms with Gasteiger partial charge in [-0.1, -0.05) is 29.3 Å². The van der Waals surface area contributed by atoms with Crippen molar-refractivity contribution in [3.8, 4) is 0 Å². The molecule has 0 radical (unpaired) electrons. The summed E-state index contributed by atoms with van der Waals surface area (Å²) in [6.45, 7) is 6.76. The van der Waals surface area contributed by atoms with Crippen LogP contribution in [0.25, 0.3) is 11.1 Å². The van der Waals surface area contributed by atoms with E-state index in [4.69, 9.17) is 16.0 Å². The fraction of sp³-hybridized carbons (Fsp3) is 0.235. The lowest BCUT2D eigenvalue weighted by Gasteiger charge is -2.05. The van der Waals surface area contributed by atoms with Gasteiger partial charge < -0.3 is 8.97 Å². The molecule has 0 saturated heterocycles. The zero-order valence-electron chi connectivity index (χ0n) is 13.6. The molecule has 0 saturated carbocycles. The van der Waals surface area contributed by atoms with Crippen molar-refractivity contribution in [3.63, 3.8) is 0 Å². The van der Waals surface area contributed by atoms with Gasteiger partial charge in [0.2, 0.25) is 5.58 Å². The summed E-state index contributed by atoms with van der Waals surface area (Å²) in [5.41, 5.74) is 2.88. The Morgan fingerprint density at radius 2 is 1.75 bits per heavy atom. The predicted octanol–water partition coefficient (Wildman–Crippen LogP) is 3.60. The van der Waals surface area contributed by atoms with Crippen LogP contribution in [0.3, 0.4) is 0 Å². The van der Waals surface area contributed by atoms with Gasteiger partial charge in [-0.15, -0.1) is 0 Å². The fourth-order valence-corrected chi connectivity index (χ4v) is 2.91. The summed E-state index contributed by atoms with van der Waals surface area (Å²) in [6.07, 6.45) is 0. The minimum absolute atomic E-state index is 0.178. The van der Waals surface area contributed by atoms with Gasteiger partial charge in [-0.25, -0.2) is 8.42 Å². The number of fused-ring (bicyclic) bond motifs is 1. The lowest BCUT2D eigenvalue weighted by Crippen LogP contribution is -2.33. The zero-order valence-corrected chi connectivity index (χ0v) is 15.2. The summed E-state index contributed by atoms with van der Waals surface area (Å²) in [6, 6.07) is 11.4. The number of benzene rings is 2. The molecule has 24 heavy (non-hydrogen) atoms. The molecule has 0 spiro atoms. The lowest BCUT2D eigenvalue weighted by molar-refractivity contribution is -0.679. The van der Waals surface area contributed by atoms with Crippen LogP contribution >= 0.6 is 11.6 Å². The SMILES string of the molecule is CC[n+]1c(C)oc2ccc(Cl)cc21.Cc1ccc(S(=O)(=O)[O-])cc1. The van der Waals surface area contributed by atoms with Crippen molar-refractivity contribution in [1.82, 2.24) is 0 Å². The molecule has 0 aliphatic carbocycles. The number of hydrogen-bond donors (Lipinski definition) is 0. The summed E-state index contributed by atoms with van der Waals surface area (Å²) in [4.78, 5) is -0.178.